The van der Waals surface area contributed by atoms with Crippen LogP contribution in [0.15, 0.2) is 35.5 Å². The maximum atomic E-state index is 13.4. The van der Waals surface area contributed by atoms with Crippen LogP contribution in [-0.4, -0.2) is 53.2 Å². The van der Waals surface area contributed by atoms with E-state index >= 15 is 0 Å². The molecule has 1 aromatic rings. The monoisotopic (exact) mass is 371 g/mol. The predicted molar refractivity (Wildman–Crippen MR) is 105 cm³/mol. The largest absolute Gasteiger partial charge is 0.378 e. The van der Waals surface area contributed by atoms with Gasteiger partial charge in [-0.15, -0.1) is 0 Å². The number of amides is 1. The molecule has 0 radical (unpaired) electrons. The minimum Gasteiger partial charge on any atom is -0.378 e. The number of hydrogen-bond acceptors (Lipinski definition) is 3. The minimum absolute atomic E-state index is 0.0945. The Morgan fingerprint density at radius 1 is 1.15 bits per heavy atom. The number of allylic oxidation sites excluding steroid dienone is 1. The smallest absolute Gasteiger partial charge is 0.254 e. The van der Waals surface area contributed by atoms with E-state index in [0.717, 1.165) is 34.8 Å². The van der Waals surface area contributed by atoms with Gasteiger partial charge in [0.05, 0.1) is 24.8 Å². The number of hydrogen-bond donors (Lipinski definition) is 1. The highest BCUT2D eigenvalue weighted by molar-refractivity contribution is 7.80. The van der Waals surface area contributed by atoms with E-state index in [1.807, 2.05) is 11.8 Å². The first-order chi connectivity index (χ1) is 12.6. The van der Waals surface area contributed by atoms with Crippen LogP contribution in [0.3, 0.4) is 0 Å². The van der Waals surface area contributed by atoms with Crippen molar-refractivity contribution in [2.45, 2.75) is 38.8 Å². The van der Waals surface area contributed by atoms with Gasteiger partial charge in [0.15, 0.2) is 5.11 Å². The number of thiocarbonyl (C=S) groups is 1. The molecule has 1 saturated carbocycles. The molecule has 4 rings (SSSR count). The van der Waals surface area contributed by atoms with E-state index in [0.29, 0.717) is 32.3 Å². The molecule has 2 fully saturated rings. The van der Waals surface area contributed by atoms with Gasteiger partial charge in [0, 0.05) is 24.8 Å². The highest BCUT2D eigenvalue weighted by Crippen LogP contribution is 2.38. The molecular weight excluding hydrogens is 346 g/mol. The number of morpholine rings is 1. The highest BCUT2D eigenvalue weighted by atomic mass is 32.1. The Kier molecular flexibility index (Phi) is 4.71. The molecule has 0 unspecified atom stereocenters. The molecule has 2 heterocycles. The summed E-state index contributed by atoms with van der Waals surface area (Å²) in [6.07, 6.45) is 2.26. The molecule has 1 amide bonds. The molecule has 0 bridgehead atoms. The number of carbonyl (C=O) groups is 1. The number of nitrogens with zero attached hydrogens (tertiary/aromatic N) is 2. The fraction of sp³-hybridized carbons (Fsp3) is 0.500. The van der Waals surface area contributed by atoms with E-state index in [1.54, 1.807) is 0 Å². The molecule has 26 heavy (non-hydrogen) atoms. The summed E-state index contributed by atoms with van der Waals surface area (Å²) in [7, 11) is 0. The molecule has 1 saturated heterocycles. The van der Waals surface area contributed by atoms with E-state index < -0.39 is 0 Å². The molecule has 0 spiro atoms. The molecule has 0 aromatic heterocycles. The quantitative estimate of drug-likeness (QED) is 0.828. The number of nitrogens with one attached hydrogen (secondary N) is 1. The maximum absolute atomic E-state index is 13.4. The van der Waals surface area contributed by atoms with Crippen LogP contribution in [0.5, 0.6) is 0 Å². The summed E-state index contributed by atoms with van der Waals surface area (Å²) >= 11 is 5.66. The molecule has 1 aromatic carbocycles. The molecule has 138 valence electrons. The zero-order chi connectivity index (χ0) is 18.3. The normalized spacial score (nSPS) is 23.9. The molecule has 6 heteroatoms. The summed E-state index contributed by atoms with van der Waals surface area (Å²) in [6.45, 7) is 6.60. The van der Waals surface area contributed by atoms with E-state index in [4.69, 9.17) is 17.0 Å². The average Bonchev–Trinajstić information content (AvgIpc) is 3.47. The number of benzene rings is 1. The van der Waals surface area contributed by atoms with Crippen molar-refractivity contribution in [2.24, 2.45) is 0 Å². The predicted octanol–water partition coefficient (Wildman–Crippen LogP) is 2.52. The average molecular weight is 372 g/mol. The zero-order valence-electron chi connectivity index (χ0n) is 15.3. The molecule has 5 nitrogen and oxygen atoms in total. The van der Waals surface area contributed by atoms with Crippen molar-refractivity contribution in [1.29, 1.82) is 0 Å². The topological polar surface area (TPSA) is 44.8 Å². The van der Waals surface area contributed by atoms with Gasteiger partial charge in [-0.1, -0.05) is 29.8 Å². The molecule has 1 N–H and O–H groups in total. The molecule has 1 atom stereocenters. The van der Waals surface area contributed by atoms with Gasteiger partial charge in [0.1, 0.15) is 0 Å². The van der Waals surface area contributed by atoms with Crippen molar-refractivity contribution in [3.63, 3.8) is 0 Å². The van der Waals surface area contributed by atoms with Gasteiger partial charge in [-0.2, -0.15) is 0 Å². The van der Waals surface area contributed by atoms with Gasteiger partial charge in [-0.25, -0.2) is 0 Å². The van der Waals surface area contributed by atoms with Crippen LogP contribution in [0.2, 0.25) is 0 Å². The lowest BCUT2D eigenvalue weighted by Gasteiger charge is -2.40. The van der Waals surface area contributed by atoms with Gasteiger partial charge in [-0.3, -0.25) is 4.79 Å². The van der Waals surface area contributed by atoms with Crippen molar-refractivity contribution in [3.05, 3.63) is 46.7 Å². The van der Waals surface area contributed by atoms with Crippen molar-refractivity contribution in [2.75, 3.05) is 26.3 Å². The van der Waals surface area contributed by atoms with E-state index in [-0.39, 0.29) is 11.9 Å². The van der Waals surface area contributed by atoms with Crippen LogP contribution in [0.25, 0.3) is 0 Å². The van der Waals surface area contributed by atoms with Crippen LogP contribution in [0.1, 0.15) is 36.9 Å². The fourth-order valence-electron chi connectivity index (χ4n) is 3.75. The third kappa shape index (κ3) is 3.23. The van der Waals surface area contributed by atoms with E-state index in [1.165, 1.54) is 5.56 Å². The molecule has 1 aliphatic carbocycles. The summed E-state index contributed by atoms with van der Waals surface area (Å²) in [6, 6.07) is 8.57. The molecule has 3 aliphatic rings. The number of carbonyl (C=O) groups excluding carboxylic acids is 1. The van der Waals surface area contributed by atoms with Crippen LogP contribution in [0, 0.1) is 6.92 Å². The SMILES string of the molecule is CC1=C(C(=O)N2CCOCC2)[C@@H](c2ccc(C)cc2)NC(=S)N1C1CC1. The third-order valence-corrected chi connectivity index (χ3v) is 5.69. The second-order valence-electron chi connectivity index (χ2n) is 7.30. The molecule has 2 aliphatic heterocycles. The second-order valence-corrected chi connectivity index (χ2v) is 7.68. The van der Waals surface area contributed by atoms with Crippen molar-refractivity contribution in [1.82, 2.24) is 15.1 Å². The summed E-state index contributed by atoms with van der Waals surface area (Å²) < 4.78 is 5.42. The van der Waals surface area contributed by atoms with Crippen LogP contribution >= 0.6 is 12.2 Å². The third-order valence-electron chi connectivity index (χ3n) is 5.38. The fourth-order valence-corrected chi connectivity index (χ4v) is 4.16. The van der Waals surface area contributed by atoms with Crippen molar-refractivity contribution in [3.8, 4) is 0 Å². The second kappa shape index (κ2) is 7.00. The van der Waals surface area contributed by atoms with Crippen molar-refractivity contribution >= 4 is 23.2 Å². The van der Waals surface area contributed by atoms with Crippen LogP contribution in [-0.2, 0) is 9.53 Å². The minimum atomic E-state index is -0.201. The van der Waals surface area contributed by atoms with Crippen LogP contribution in [0.4, 0.5) is 0 Å². The van der Waals surface area contributed by atoms with Gasteiger partial charge in [0.25, 0.3) is 5.91 Å². The van der Waals surface area contributed by atoms with E-state index in [9.17, 15) is 4.79 Å². The summed E-state index contributed by atoms with van der Waals surface area (Å²) in [5.74, 6) is 0.0945. The van der Waals surface area contributed by atoms with Gasteiger partial charge >= 0.3 is 0 Å². The summed E-state index contributed by atoms with van der Waals surface area (Å²) in [5.41, 5.74) is 4.09. The van der Waals surface area contributed by atoms with Gasteiger partial charge < -0.3 is 19.9 Å². The lowest BCUT2D eigenvalue weighted by molar-refractivity contribution is -0.131. The lowest BCUT2D eigenvalue weighted by Crippen LogP contribution is -2.51. The van der Waals surface area contributed by atoms with Crippen molar-refractivity contribution < 1.29 is 9.53 Å². The number of rotatable bonds is 3. The zero-order valence-corrected chi connectivity index (χ0v) is 16.1. The maximum Gasteiger partial charge on any atom is 0.254 e. The first-order valence-electron chi connectivity index (χ1n) is 9.30. The Balaban J connectivity index is 1.74. The Hall–Kier alpha value is -1.92. The highest BCUT2D eigenvalue weighted by Gasteiger charge is 2.41. The van der Waals surface area contributed by atoms with E-state index in [2.05, 4.69) is 41.4 Å². The first-order valence-corrected chi connectivity index (χ1v) is 9.71. The Morgan fingerprint density at radius 3 is 2.42 bits per heavy atom. The summed E-state index contributed by atoms with van der Waals surface area (Å²) in [5, 5.41) is 4.18. The number of ether oxygens (including phenoxy) is 1. The van der Waals surface area contributed by atoms with Gasteiger partial charge in [-0.05, 0) is 44.5 Å². The lowest BCUT2D eigenvalue weighted by atomic mass is 9.93. The molecular formula is C20H25N3O2S. The Morgan fingerprint density at radius 2 is 1.81 bits per heavy atom. The number of aryl methyl sites for hydroxylation is 1. The standard InChI is InChI=1S/C20H25N3O2S/c1-13-3-5-15(6-4-13)18-17(19(24)22-9-11-25-12-10-22)14(2)23(16-7-8-16)20(26)21-18/h3-6,16,18H,7-12H2,1-2H3,(H,21,26)/t18-/m1/s1. The Labute approximate surface area is 160 Å². The van der Waals surface area contributed by atoms with Crippen LogP contribution < -0.4 is 5.32 Å². The summed E-state index contributed by atoms with van der Waals surface area (Å²) in [4.78, 5) is 17.5. The Bertz CT molecular complexity index is 749. The van der Waals surface area contributed by atoms with Gasteiger partial charge in [0.2, 0.25) is 0 Å². The first kappa shape index (κ1) is 17.5.